The standard InChI is InChI=1S/C26H33N3O4S/c1-20-7-9-22(10-8-20)27(2)34(32,33)23-11-12-24-21(19-23)15-18-29(24)26(31)14-13-25(30)28-16-5-3-4-6-17-28/h7-12,19H,3-6,13-18H2,1-2H3. The number of fused-ring (bicyclic) bond motifs is 1. The van der Waals surface area contributed by atoms with Crippen molar-refractivity contribution < 1.29 is 18.0 Å². The molecule has 0 unspecified atom stereocenters. The lowest BCUT2D eigenvalue weighted by molar-refractivity contribution is -0.133. The van der Waals surface area contributed by atoms with Crippen LogP contribution in [0.3, 0.4) is 0 Å². The number of anilines is 2. The first kappa shape index (κ1) is 24.3. The molecular weight excluding hydrogens is 450 g/mol. The molecule has 7 nitrogen and oxygen atoms in total. The summed E-state index contributed by atoms with van der Waals surface area (Å²) in [5, 5.41) is 0. The normalized spacial score (nSPS) is 16.2. The highest BCUT2D eigenvalue weighted by Gasteiger charge is 2.29. The van der Waals surface area contributed by atoms with Crippen LogP contribution in [0.5, 0.6) is 0 Å². The number of carbonyl (C=O) groups excluding carboxylic acids is 2. The van der Waals surface area contributed by atoms with Gasteiger partial charge in [0.1, 0.15) is 0 Å². The van der Waals surface area contributed by atoms with Crippen LogP contribution in [0.25, 0.3) is 0 Å². The van der Waals surface area contributed by atoms with Gasteiger partial charge in [0.05, 0.1) is 10.6 Å². The molecule has 2 aliphatic heterocycles. The molecule has 2 aromatic rings. The molecule has 2 aromatic carbocycles. The topological polar surface area (TPSA) is 78.0 Å². The number of rotatable bonds is 6. The Kier molecular flexibility index (Phi) is 7.26. The van der Waals surface area contributed by atoms with Crippen molar-refractivity contribution in [1.82, 2.24) is 4.90 Å². The van der Waals surface area contributed by atoms with Gasteiger partial charge in [0.2, 0.25) is 11.8 Å². The van der Waals surface area contributed by atoms with Crippen LogP contribution in [-0.2, 0) is 26.0 Å². The number of amides is 2. The summed E-state index contributed by atoms with van der Waals surface area (Å²) in [7, 11) is -2.18. The Morgan fingerprint density at radius 2 is 1.53 bits per heavy atom. The van der Waals surface area contributed by atoms with Gasteiger partial charge in [-0.1, -0.05) is 30.5 Å². The summed E-state index contributed by atoms with van der Waals surface area (Å²) in [5.74, 6) is -0.0374. The van der Waals surface area contributed by atoms with Gasteiger partial charge in [-0.3, -0.25) is 13.9 Å². The molecule has 0 atom stereocenters. The van der Waals surface area contributed by atoms with Crippen LogP contribution in [0.15, 0.2) is 47.4 Å². The van der Waals surface area contributed by atoms with Crippen LogP contribution in [0, 0.1) is 6.92 Å². The average molecular weight is 484 g/mol. The summed E-state index contributed by atoms with van der Waals surface area (Å²) in [6.45, 7) is 4.03. The Morgan fingerprint density at radius 1 is 0.882 bits per heavy atom. The van der Waals surface area contributed by atoms with Crippen molar-refractivity contribution in [3.63, 3.8) is 0 Å². The first-order valence-corrected chi connectivity index (χ1v) is 13.5. The van der Waals surface area contributed by atoms with Crippen molar-refractivity contribution in [2.75, 3.05) is 35.9 Å². The first-order valence-electron chi connectivity index (χ1n) is 12.0. The van der Waals surface area contributed by atoms with E-state index >= 15 is 0 Å². The molecule has 2 heterocycles. The van der Waals surface area contributed by atoms with E-state index in [2.05, 4.69) is 0 Å². The van der Waals surface area contributed by atoms with Crippen LogP contribution in [0.2, 0.25) is 0 Å². The van der Waals surface area contributed by atoms with Crippen LogP contribution in [-0.4, -0.2) is 51.8 Å². The van der Waals surface area contributed by atoms with Crippen LogP contribution < -0.4 is 9.21 Å². The number of hydrogen-bond donors (Lipinski definition) is 0. The van der Waals surface area contributed by atoms with Gasteiger partial charge in [-0.2, -0.15) is 0 Å². The highest BCUT2D eigenvalue weighted by Crippen LogP contribution is 2.32. The summed E-state index contributed by atoms with van der Waals surface area (Å²) < 4.78 is 27.7. The fourth-order valence-electron chi connectivity index (χ4n) is 4.68. The van der Waals surface area contributed by atoms with E-state index in [0.717, 1.165) is 55.6 Å². The second-order valence-electron chi connectivity index (χ2n) is 9.19. The number of carbonyl (C=O) groups is 2. The van der Waals surface area contributed by atoms with Crippen molar-refractivity contribution >= 4 is 33.2 Å². The zero-order valence-corrected chi connectivity index (χ0v) is 20.8. The molecule has 0 N–H and O–H groups in total. The number of aryl methyl sites for hydroxylation is 1. The fraction of sp³-hybridized carbons (Fsp3) is 0.462. The fourth-order valence-corrected chi connectivity index (χ4v) is 5.92. The Labute approximate surface area is 202 Å². The molecule has 182 valence electrons. The van der Waals surface area contributed by atoms with Gasteiger partial charge in [0.25, 0.3) is 10.0 Å². The van der Waals surface area contributed by atoms with Gasteiger partial charge in [-0.15, -0.1) is 0 Å². The number of benzene rings is 2. The lowest BCUT2D eigenvalue weighted by atomic mass is 10.2. The summed E-state index contributed by atoms with van der Waals surface area (Å²) in [6, 6.07) is 12.3. The number of sulfonamides is 1. The predicted molar refractivity (Wildman–Crippen MR) is 134 cm³/mol. The first-order chi connectivity index (χ1) is 16.3. The smallest absolute Gasteiger partial charge is 0.264 e. The van der Waals surface area contributed by atoms with Gasteiger partial charge in [0, 0.05) is 45.2 Å². The minimum Gasteiger partial charge on any atom is -0.343 e. The van der Waals surface area contributed by atoms with Gasteiger partial charge in [-0.05, 0) is 62.1 Å². The number of nitrogens with zero attached hydrogens (tertiary/aromatic N) is 3. The molecule has 0 spiro atoms. The third-order valence-electron chi connectivity index (χ3n) is 6.82. The molecular formula is C26H33N3O4S. The summed E-state index contributed by atoms with van der Waals surface area (Å²) >= 11 is 0. The SMILES string of the molecule is Cc1ccc(N(C)S(=O)(=O)c2ccc3c(c2)CCN3C(=O)CCC(=O)N2CCCCCC2)cc1. The molecule has 0 radical (unpaired) electrons. The summed E-state index contributed by atoms with van der Waals surface area (Å²) in [5.41, 5.74) is 3.23. The van der Waals surface area contributed by atoms with E-state index in [1.807, 2.05) is 24.0 Å². The monoisotopic (exact) mass is 483 g/mol. The maximum absolute atomic E-state index is 13.2. The molecule has 8 heteroatoms. The van der Waals surface area contributed by atoms with E-state index in [1.165, 1.54) is 4.31 Å². The number of likely N-dealkylation sites (tertiary alicyclic amines) is 1. The minimum absolute atomic E-state index is 0.0512. The minimum atomic E-state index is -3.72. The molecule has 4 rings (SSSR count). The number of hydrogen-bond acceptors (Lipinski definition) is 4. The van der Waals surface area contributed by atoms with Crippen LogP contribution in [0.4, 0.5) is 11.4 Å². The van der Waals surface area contributed by atoms with E-state index < -0.39 is 10.0 Å². The molecule has 1 saturated heterocycles. The second kappa shape index (κ2) is 10.2. The lowest BCUT2D eigenvalue weighted by Crippen LogP contribution is -2.34. The zero-order chi connectivity index (χ0) is 24.3. The molecule has 2 amide bonds. The van der Waals surface area contributed by atoms with Crippen molar-refractivity contribution in [2.24, 2.45) is 0 Å². The van der Waals surface area contributed by atoms with Gasteiger partial charge >= 0.3 is 0 Å². The van der Waals surface area contributed by atoms with E-state index in [4.69, 9.17) is 0 Å². The molecule has 2 aliphatic rings. The summed E-state index contributed by atoms with van der Waals surface area (Å²) in [6.07, 6.45) is 5.37. The molecule has 0 bridgehead atoms. The average Bonchev–Trinajstić information content (AvgIpc) is 3.06. The molecule has 1 fully saturated rings. The Bertz CT molecular complexity index is 1150. The second-order valence-corrected chi connectivity index (χ2v) is 11.2. The Hall–Kier alpha value is -2.87. The lowest BCUT2D eigenvalue weighted by Gasteiger charge is -2.22. The maximum atomic E-state index is 13.2. The van der Waals surface area contributed by atoms with E-state index in [-0.39, 0.29) is 29.6 Å². The van der Waals surface area contributed by atoms with E-state index in [9.17, 15) is 18.0 Å². The van der Waals surface area contributed by atoms with Crippen molar-refractivity contribution in [2.45, 2.75) is 56.8 Å². The highest BCUT2D eigenvalue weighted by atomic mass is 32.2. The third-order valence-corrected chi connectivity index (χ3v) is 8.60. The van der Waals surface area contributed by atoms with Gasteiger partial charge < -0.3 is 9.80 Å². The quantitative estimate of drug-likeness (QED) is 0.625. The van der Waals surface area contributed by atoms with Gasteiger partial charge in [0.15, 0.2) is 0 Å². The Balaban J connectivity index is 1.43. The van der Waals surface area contributed by atoms with Gasteiger partial charge in [-0.25, -0.2) is 8.42 Å². The van der Waals surface area contributed by atoms with E-state index in [1.54, 1.807) is 42.3 Å². The summed E-state index contributed by atoms with van der Waals surface area (Å²) in [4.78, 5) is 29.2. The van der Waals surface area contributed by atoms with Crippen molar-refractivity contribution in [1.29, 1.82) is 0 Å². The maximum Gasteiger partial charge on any atom is 0.264 e. The highest BCUT2D eigenvalue weighted by molar-refractivity contribution is 7.92. The Morgan fingerprint density at radius 3 is 2.21 bits per heavy atom. The largest absolute Gasteiger partial charge is 0.343 e. The molecule has 0 saturated carbocycles. The predicted octanol–water partition coefficient (Wildman–Crippen LogP) is 3.89. The van der Waals surface area contributed by atoms with Crippen molar-refractivity contribution in [3.05, 3.63) is 53.6 Å². The molecule has 34 heavy (non-hydrogen) atoms. The van der Waals surface area contributed by atoms with Crippen molar-refractivity contribution in [3.8, 4) is 0 Å². The van der Waals surface area contributed by atoms with E-state index in [0.29, 0.717) is 18.7 Å². The molecule has 0 aromatic heterocycles. The third kappa shape index (κ3) is 5.12. The zero-order valence-electron chi connectivity index (χ0n) is 20.0. The van der Waals surface area contributed by atoms with Crippen LogP contribution >= 0.6 is 0 Å². The molecule has 0 aliphatic carbocycles. The van der Waals surface area contributed by atoms with Crippen LogP contribution in [0.1, 0.15) is 49.7 Å².